The van der Waals surface area contributed by atoms with Gasteiger partial charge in [0.2, 0.25) is 0 Å². The number of aromatic nitrogens is 1. The fraction of sp³-hybridized carbons (Fsp3) is 0.471. The van der Waals surface area contributed by atoms with Gasteiger partial charge >= 0.3 is 5.30 Å². The van der Waals surface area contributed by atoms with Gasteiger partial charge in [-0.05, 0) is 44.6 Å². The zero-order chi connectivity index (χ0) is 16.7. The quantitative estimate of drug-likeness (QED) is 0.414. The number of ether oxygens (including phenoxy) is 1. The average Bonchev–Trinajstić information content (AvgIpc) is 2.94. The topological polar surface area (TPSA) is 45.3 Å². The van der Waals surface area contributed by atoms with Crippen molar-refractivity contribution in [1.82, 2.24) is 9.88 Å². The zero-order valence-corrected chi connectivity index (χ0v) is 15.6. The first-order chi connectivity index (χ1) is 11.1. The van der Waals surface area contributed by atoms with Crippen LogP contribution in [-0.4, -0.2) is 41.6 Å². The van der Waals surface area contributed by atoms with Crippen molar-refractivity contribution in [2.45, 2.75) is 26.2 Å². The van der Waals surface area contributed by atoms with Crippen molar-refractivity contribution < 1.29 is 9.53 Å². The number of aromatic amines is 1. The van der Waals surface area contributed by atoms with Gasteiger partial charge in [0.25, 0.3) is 0 Å². The van der Waals surface area contributed by atoms with E-state index in [1.165, 1.54) is 16.4 Å². The van der Waals surface area contributed by atoms with E-state index in [-0.39, 0.29) is 5.30 Å². The second kappa shape index (κ2) is 9.25. The van der Waals surface area contributed by atoms with Crippen molar-refractivity contribution in [1.29, 1.82) is 0 Å². The van der Waals surface area contributed by atoms with Crippen molar-refractivity contribution in [2.75, 3.05) is 26.4 Å². The normalized spacial score (nSPS) is 11.3. The molecule has 0 radical (unpaired) electrons. The molecule has 4 nitrogen and oxygen atoms in total. The predicted octanol–water partition coefficient (Wildman–Crippen LogP) is 4.95. The fourth-order valence-corrected chi connectivity index (χ4v) is 3.95. The van der Waals surface area contributed by atoms with Crippen LogP contribution in [0.1, 0.15) is 25.3 Å². The summed E-state index contributed by atoms with van der Waals surface area (Å²) in [6, 6.07) is 5.78. The first-order valence-electron chi connectivity index (χ1n) is 7.86. The van der Waals surface area contributed by atoms with Crippen LogP contribution in [0.5, 0.6) is 5.75 Å². The molecule has 0 amide bonds. The third kappa shape index (κ3) is 5.48. The second-order valence-electron chi connectivity index (χ2n) is 5.66. The maximum atomic E-state index is 12.0. The molecular weight excluding hydrogens is 328 g/mol. The summed E-state index contributed by atoms with van der Waals surface area (Å²) in [6.45, 7) is 3.10. The van der Waals surface area contributed by atoms with E-state index in [1.54, 1.807) is 10.8 Å². The third-order valence-corrected chi connectivity index (χ3v) is 5.53. The summed E-state index contributed by atoms with van der Waals surface area (Å²) < 4.78 is 5.58. The molecule has 0 bridgehead atoms. The number of H-pyrrole nitrogens is 1. The molecule has 1 N–H and O–H groups in total. The van der Waals surface area contributed by atoms with Crippen molar-refractivity contribution in [2.24, 2.45) is 0 Å². The Labute approximate surface area is 145 Å². The molecule has 2 rings (SSSR count). The molecule has 0 aliphatic rings. The molecule has 0 aliphatic heterocycles. The number of carbonyl (C=O) groups is 1. The van der Waals surface area contributed by atoms with Crippen LogP contribution in [0.4, 0.5) is 4.79 Å². The van der Waals surface area contributed by atoms with Gasteiger partial charge in [-0.3, -0.25) is 0 Å². The lowest BCUT2D eigenvalue weighted by molar-refractivity contribution is 0.228. The Balaban J connectivity index is 2.07. The van der Waals surface area contributed by atoms with Gasteiger partial charge in [-0.1, -0.05) is 30.2 Å². The van der Waals surface area contributed by atoms with E-state index in [2.05, 4.69) is 30.9 Å². The maximum absolute atomic E-state index is 12.0. The Morgan fingerprint density at radius 1 is 1.35 bits per heavy atom. The highest BCUT2D eigenvalue weighted by Crippen LogP contribution is 2.32. The summed E-state index contributed by atoms with van der Waals surface area (Å²) >= 11 is 0. The molecule has 0 aliphatic carbocycles. The molecular formula is C17H24N2O2S2. The van der Waals surface area contributed by atoms with Gasteiger partial charge in [0.05, 0.1) is 0 Å². The van der Waals surface area contributed by atoms with Crippen LogP contribution in [-0.2, 0) is 6.42 Å². The summed E-state index contributed by atoms with van der Waals surface area (Å²) in [5, 5.41) is 0.764. The van der Waals surface area contributed by atoms with Gasteiger partial charge in [0.15, 0.2) is 0 Å². The molecule has 0 saturated heterocycles. The Kier molecular flexibility index (Phi) is 7.33. The summed E-state index contributed by atoms with van der Waals surface area (Å²) in [6.07, 6.45) is 5.18. The SMILES string of the molecule is CCCCSSC(=O)Oc1cccc2[nH]cc(CCN(C)C)c12. The van der Waals surface area contributed by atoms with Gasteiger partial charge in [0.1, 0.15) is 5.75 Å². The fourth-order valence-electron chi connectivity index (χ4n) is 2.25. The molecule has 0 saturated carbocycles. The van der Waals surface area contributed by atoms with E-state index < -0.39 is 0 Å². The molecule has 1 heterocycles. The van der Waals surface area contributed by atoms with Gasteiger partial charge < -0.3 is 14.6 Å². The lowest BCUT2D eigenvalue weighted by Gasteiger charge is -2.10. The van der Waals surface area contributed by atoms with E-state index in [4.69, 9.17) is 4.74 Å². The van der Waals surface area contributed by atoms with Crippen molar-refractivity contribution in [3.05, 3.63) is 30.0 Å². The zero-order valence-electron chi connectivity index (χ0n) is 13.9. The van der Waals surface area contributed by atoms with Gasteiger partial charge in [-0.2, -0.15) is 0 Å². The Bertz CT molecular complexity index is 641. The predicted molar refractivity (Wildman–Crippen MR) is 102 cm³/mol. The van der Waals surface area contributed by atoms with E-state index in [0.29, 0.717) is 5.75 Å². The summed E-state index contributed by atoms with van der Waals surface area (Å²) in [7, 11) is 6.85. The highest BCUT2D eigenvalue weighted by molar-refractivity contribution is 8.82. The van der Waals surface area contributed by atoms with Crippen LogP contribution >= 0.6 is 21.6 Å². The number of fused-ring (bicyclic) bond motifs is 1. The highest BCUT2D eigenvalue weighted by atomic mass is 33.1. The van der Waals surface area contributed by atoms with Crippen LogP contribution < -0.4 is 4.74 Å². The molecule has 126 valence electrons. The molecule has 0 unspecified atom stereocenters. The lowest BCUT2D eigenvalue weighted by Crippen LogP contribution is -2.14. The monoisotopic (exact) mass is 352 g/mol. The number of hydrogen-bond donors (Lipinski definition) is 1. The van der Waals surface area contributed by atoms with Crippen molar-refractivity contribution in [3.63, 3.8) is 0 Å². The van der Waals surface area contributed by atoms with Crippen molar-refractivity contribution >= 4 is 37.8 Å². The second-order valence-corrected chi connectivity index (χ2v) is 8.01. The summed E-state index contributed by atoms with van der Waals surface area (Å²) in [4.78, 5) is 17.4. The number of nitrogens with one attached hydrogen (secondary N) is 1. The number of likely N-dealkylation sites (N-methyl/N-ethyl adjacent to an activating group) is 1. The first kappa shape index (κ1) is 18.2. The number of hydrogen-bond acceptors (Lipinski definition) is 5. The first-order valence-corrected chi connectivity index (χ1v) is 10.2. The molecule has 1 aromatic carbocycles. The summed E-state index contributed by atoms with van der Waals surface area (Å²) in [5.41, 5.74) is 2.19. The molecule has 0 spiro atoms. The number of unbranched alkanes of at least 4 members (excludes halogenated alkanes) is 1. The number of rotatable bonds is 8. The van der Waals surface area contributed by atoms with E-state index >= 15 is 0 Å². The van der Waals surface area contributed by atoms with Crippen LogP contribution in [0.15, 0.2) is 24.4 Å². The minimum Gasteiger partial charge on any atom is -0.417 e. The van der Waals surface area contributed by atoms with E-state index in [9.17, 15) is 4.79 Å². The standard InChI is InChI=1S/C17H24N2O2S2/c1-4-5-11-22-23-17(20)21-15-8-6-7-14-16(15)13(12-18-14)9-10-19(2)3/h6-8,12,18H,4-5,9-11H2,1-3H3. The minimum absolute atomic E-state index is 0.252. The number of carbonyl (C=O) groups excluding carboxylic acids is 1. The Morgan fingerprint density at radius 3 is 2.91 bits per heavy atom. The Hall–Kier alpha value is -1.11. The van der Waals surface area contributed by atoms with Gasteiger partial charge in [-0.25, -0.2) is 4.79 Å². The minimum atomic E-state index is -0.252. The molecule has 0 atom stereocenters. The Morgan fingerprint density at radius 2 is 2.17 bits per heavy atom. The third-order valence-electron chi connectivity index (χ3n) is 3.48. The largest absolute Gasteiger partial charge is 0.417 e. The number of benzene rings is 1. The van der Waals surface area contributed by atoms with Crippen molar-refractivity contribution in [3.8, 4) is 5.75 Å². The van der Waals surface area contributed by atoms with E-state index in [0.717, 1.165) is 42.5 Å². The van der Waals surface area contributed by atoms with Crippen LogP contribution in [0.3, 0.4) is 0 Å². The smallest absolute Gasteiger partial charge is 0.383 e. The van der Waals surface area contributed by atoms with Crippen LogP contribution in [0.25, 0.3) is 10.9 Å². The average molecular weight is 353 g/mol. The molecule has 0 fully saturated rings. The molecule has 6 heteroatoms. The molecule has 2 aromatic rings. The van der Waals surface area contributed by atoms with Crippen LogP contribution in [0, 0.1) is 0 Å². The number of nitrogens with zero attached hydrogens (tertiary/aromatic N) is 1. The van der Waals surface area contributed by atoms with Crippen LogP contribution in [0.2, 0.25) is 0 Å². The van der Waals surface area contributed by atoms with E-state index in [1.807, 2.05) is 24.4 Å². The lowest BCUT2D eigenvalue weighted by atomic mass is 10.1. The van der Waals surface area contributed by atoms with Gasteiger partial charge in [-0.15, -0.1) is 0 Å². The van der Waals surface area contributed by atoms with Gasteiger partial charge in [0, 0.05) is 40.2 Å². The maximum Gasteiger partial charge on any atom is 0.383 e. The highest BCUT2D eigenvalue weighted by Gasteiger charge is 2.13. The molecule has 23 heavy (non-hydrogen) atoms. The molecule has 1 aromatic heterocycles. The summed E-state index contributed by atoms with van der Waals surface area (Å²) in [5.74, 6) is 1.62.